The summed E-state index contributed by atoms with van der Waals surface area (Å²) in [5.74, 6) is 0.877. The van der Waals surface area contributed by atoms with E-state index in [1.54, 1.807) is 18.0 Å². The molecule has 28 heavy (non-hydrogen) atoms. The van der Waals surface area contributed by atoms with E-state index < -0.39 is 0 Å². The van der Waals surface area contributed by atoms with Crippen molar-refractivity contribution in [1.29, 1.82) is 0 Å². The van der Waals surface area contributed by atoms with Crippen molar-refractivity contribution in [3.05, 3.63) is 48.3 Å². The minimum Gasteiger partial charge on any atom is -0.369 e. The summed E-state index contributed by atoms with van der Waals surface area (Å²) in [6, 6.07) is 12.5. The Labute approximate surface area is 169 Å². The van der Waals surface area contributed by atoms with Gasteiger partial charge in [-0.2, -0.15) is 0 Å². The Kier molecular flexibility index (Phi) is 6.09. The minimum absolute atomic E-state index is 0.102. The van der Waals surface area contributed by atoms with Gasteiger partial charge in [0.25, 0.3) is 0 Å². The standard InChI is InChI=1S/C20H26N6OS/c1-15-7-8-21-20(22-15)28-14-16-13-18(27)24-19(23-16)26-11-9-25(10-12-26)17-5-3-2-4-6-17/h2-8,16,19,23H,9-14H2,1H3,(H,24,27). The number of thioether (sulfide) groups is 1. The van der Waals surface area contributed by atoms with E-state index in [9.17, 15) is 4.79 Å². The van der Waals surface area contributed by atoms with Crippen molar-refractivity contribution in [3.8, 4) is 0 Å². The maximum absolute atomic E-state index is 12.2. The van der Waals surface area contributed by atoms with Gasteiger partial charge in [0.05, 0.1) is 0 Å². The molecule has 0 spiro atoms. The molecule has 2 aromatic rings. The molecule has 3 heterocycles. The number of nitrogens with zero attached hydrogens (tertiary/aromatic N) is 4. The van der Waals surface area contributed by atoms with Crippen LogP contribution >= 0.6 is 11.8 Å². The Morgan fingerprint density at radius 2 is 1.93 bits per heavy atom. The number of benzene rings is 1. The monoisotopic (exact) mass is 398 g/mol. The smallest absolute Gasteiger partial charge is 0.223 e. The van der Waals surface area contributed by atoms with E-state index >= 15 is 0 Å². The van der Waals surface area contributed by atoms with Crippen molar-refractivity contribution in [2.45, 2.75) is 30.8 Å². The molecule has 0 saturated carbocycles. The lowest BCUT2D eigenvalue weighted by atomic mass is 10.1. The van der Waals surface area contributed by atoms with E-state index in [2.05, 4.69) is 54.7 Å². The van der Waals surface area contributed by atoms with Gasteiger partial charge in [0, 0.05) is 62.0 Å². The van der Waals surface area contributed by atoms with Crippen LogP contribution in [0.25, 0.3) is 0 Å². The second kappa shape index (κ2) is 8.89. The lowest BCUT2D eigenvalue weighted by molar-refractivity contribution is -0.126. The van der Waals surface area contributed by atoms with Gasteiger partial charge in [-0.25, -0.2) is 9.97 Å². The number of amides is 1. The van der Waals surface area contributed by atoms with E-state index in [1.807, 2.05) is 19.1 Å². The summed E-state index contributed by atoms with van der Waals surface area (Å²) < 4.78 is 0. The first-order chi connectivity index (χ1) is 13.7. The average molecular weight is 399 g/mol. The van der Waals surface area contributed by atoms with Crippen LogP contribution in [-0.4, -0.2) is 65.0 Å². The summed E-state index contributed by atoms with van der Waals surface area (Å²) in [7, 11) is 0. The number of aryl methyl sites for hydroxylation is 1. The number of anilines is 1. The maximum atomic E-state index is 12.2. The number of aromatic nitrogens is 2. The molecular formula is C20H26N6OS. The summed E-state index contributed by atoms with van der Waals surface area (Å²) in [4.78, 5) is 25.7. The number of hydrogen-bond donors (Lipinski definition) is 2. The fourth-order valence-corrected chi connectivity index (χ4v) is 4.52. The summed E-state index contributed by atoms with van der Waals surface area (Å²) in [5, 5.41) is 7.45. The molecular weight excluding hydrogens is 372 g/mol. The molecule has 2 N–H and O–H groups in total. The van der Waals surface area contributed by atoms with Crippen LogP contribution in [0.1, 0.15) is 12.1 Å². The van der Waals surface area contributed by atoms with Crippen LogP contribution in [0.5, 0.6) is 0 Å². The van der Waals surface area contributed by atoms with Crippen LogP contribution in [0, 0.1) is 6.92 Å². The zero-order valence-corrected chi connectivity index (χ0v) is 16.9. The fraction of sp³-hybridized carbons (Fsp3) is 0.450. The molecule has 2 atom stereocenters. The molecule has 2 aliphatic heterocycles. The molecule has 0 bridgehead atoms. The molecule has 148 valence electrons. The normalized spacial score (nSPS) is 23.5. The predicted molar refractivity (Wildman–Crippen MR) is 111 cm³/mol. The maximum Gasteiger partial charge on any atom is 0.223 e. The second-order valence-electron chi connectivity index (χ2n) is 7.19. The summed E-state index contributed by atoms with van der Waals surface area (Å²) in [6.07, 6.45) is 2.16. The van der Waals surface area contributed by atoms with E-state index in [1.165, 1.54) is 5.69 Å². The van der Waals surface area contributed by atoms with Crippen molar-refractivity contribution in [1.82, 2.24) is 25.5 Å². The number of nitrogens with one attached hydrogen (secondary N) is 2. The molecule has 0 aliphatic carbocycles. The Morgan fingerprint density at radius 3 is 2.68 bits per heavy atom. The molecule has 2 saturated heterocycles. The molecule has 2 unspecified atom stereocenters. The largest absolute Gasteiger partial charge is 0.369 e. The Morgan fingerprint density at radius 1 is 1.14 bits per heavy atom. The molecule has 7 nitrogen and oxygen atoms in total. The highest BCUT2D eigenvalue weighted by Crippen LogP contribution is 2.19. The summed E-state index contributed by atoms with van der Waals surface area (Å²) >= 11 is 1.60. The average Bonchev–Trinajstić information content (AvgIpc) is 2.73. The summed E-state index contributed by atoms with van der Waals surface area (Å²) in [6.45, 7) is 5.69. The molecule has 0 radical (unpaired) electrons. The molecule has 1 aromatic carbocycles. The first-order valence-corrected chi connectivity index (χ1v) is 10.7. The van der Waals surface area contributed by atoms with Crippen LogP contribution in [0.15, 0.2) is 47.8 Å². The number of rotatable bonds is 5. The molecule has 1 amide bonds. The van der Waals surface area contributed by atoms with Crippen LogP contribution in [0.3, 0.4) is 0 Å². The third-order valence-corrected chi connectivity index (χ3v) is 6.13. The summed E-state index contributed by atoms with van der Waals surface area (Å²) in [5.41, 5.74) is 2.22. The zero-order chi connectivity index (χ0) is 19.3. The fourth-order valence-electron chi connectivity index (χ4n) is 3.61. The van der Waals surface area contributed by atoms with Crippen LogP contribution < -0.4 is 15.5 Å². The Bertz CT molecular complexity index is 796. The highest BCUT2D eigenvalue weighted by atomic mass is 32.2. The lowest BCUT2D eigenvalue weighted by Gasteiger charge is -2.43. The van der Waals surface area contributed by atoms with Crippen molar-refractivity contribution < 1.29 is 4.79 Å². The first-order valence-electron chi connectivity index (χ1n) is 9.69. The van der Waals surface area contributed by atoms with Gasteiger partial charge in [-0.15, -0.1) is 0 Å². The van der Waals surface area contributed by atoms with Gasteiger partial charge >= 0.3 is 0 Å². The predicted octanol–water partition coefficient (Wildman–Crippen LogP) is 1.46. The van der Waals surface area contributed by atoms with Gasteiger partial charge in [0.15, 0.2) is 5.16 Å². The minimum atomic E-state index is -0.108. The van der Waals surface area contributed by atoms with Gasteiger partial charge in [0.1, 0.15) is 6.29 Å². The molecule has 2 aliphatic rings. The van der Waals surface area contributed by atoms with Crippen molar-refractivity contribution in [2.75, 3.05) is 36.8 Å². The molecule has 8 heteroatoms. The molecule has 4 rings (SSSR count). The van der Waals surface area contributed by atoms with Crippen LogP contribution in [-0.2, 0) is 4.79 Å². The second-order valence-corrected chi connectivity index (χ2v) is 8.18. The number of piperazine rings is 1. The third-order valence-electron chi connectivity index (χ3n) is 5.11. The number of para-hydroxylation sites is 1. The third kappa shape index (κ3) is 4.81. The first kappa shape index (κ1) is 19.2. The SMILES string of the molecule is Cc1ccnc(SCC2CC(=O)NC(N3CCN(c4ccccc4)CC3)N2)n1. The van der Waals surface area contributed by atoms with Gasteiger partial charge in [-0.3, -0.25) is 15.0 Å². The number of carbonyl (C=O) groups excluding carboxylic acids is 1. The van der Waals surface area contributed by atoms with E-state index in [-0.39, 0.29) is 18.2 Å². The highest BCUT2D eigenvalue weighted by Gasteiger charge is 2.31. The van der Waals surface area contributed by atoms with Crippen LogP contribution in [0.2, 0.25) is 0 Å². The van der Waals surface area contributed by atoms with Crippen LogP contribution in [0.4, 0.5) is 5.69 Å². The van der Waals surface area contributed by atoms with Crippen molar-refractivity contribution in [3.63, 3.8) is 0 Å². The van der Waals surface area contributed by atoms with Gasteiger partial charge in [-0.1, -0.05) is 30.0 Å². The number of hydrogen-bond acceptors (Lipinski definition) is 7. The lowest BCUT2D eigenvalue weighted by Crippen LogP contribution is -2.67. The van der Waals surface area contributed by atoms with Crippen molar-refractivity contribution >= 4 is 23.4 Å². The van der Waals surface area contributed by atoms with E-state index in [4.69, 9.17) is 0 Å². The topological polar surface area (TPSA) is 73.4 Å². The quantitative estimate of drug-likeness (QED) is 0.583. The molecule has 1 aromatic heterocycles. The highest BCUT2D eigenvalue weighted by molar-refractivity contribution is 7.99. The van der Waals surface area contributed by atoms with Gasteiger partial charge in [0.2, 0.25) is 5.91 Å². The Balaban J connectivity index is 1.30. The zero-order valence-electron chi connectivity index (χ0n) is 16.0. The van der Waals surface area contributed by atoms with Gasteiger partial charge < -0.3 is 10.2 Å². The van der Waals surface area contributed by atoms with E-state index in [0.29, 0.717) is 6.42 Å². The van der Waals surface area contributed by atoms with E-state index in [0.717, 1.165) is 42.8 Å². The van der Waals surface area contributed by atoms with Gasteiger partial charge in [-0.05, 0) is 25.1 Å². The molecule has 2 fully saturated rings. The number of carbonyl (C=O) groups is 1. The van der Waals surface area contributed by atoms with Crippen molar-refractivity contribution in [2.24, 2.45) is 0 Å². The Hall–Kier alpha value is -2.16.